The van der Waals surface area contributed by atoms with Gasteiger partial charge in [0.05, 0.1) is 5.56 Å². The summed E-state index contributed by atoms with van der Waals surface area (Å²) >= 11 is 6.48. The Morgan fingerprint density at radius 3 is 2.00 bits per heavy atom. The van der Waals surface area contributed by atoms with Crippen LogP contribution in [0, 0.1) is 0 Å². The Bertz CT molecular complexity index is 2150. The number of hydrogen-bond acceptors (Lipinski definition) is 4. The molecule has 38 heavy (non-hydrogen) atoms. The molecule has 0 amide bonds. The van der Waals surface area contributed by atoms with Gasteiger partial charge in [-0.25, -0.2) is 4.98 Å². The fourth-order valence-electron chi connectivity index (χ4n) is 5.57. The Morgan fingerprint density at radius 1 is 0.500 bits per heavy atom. The third kappa shape index (κ3) is 3.14. The first-order valence-electron chi connectivity index (χ1n) is 12.4. The lowest BCUT2D eigenvalue weighted by atomic mass is 9.93. The van der Waals surface area contributed by atoms with Gasteiger partial charge in [-0.2, -0.15) is 9.97 Å². The minimum atomic E-state index is 0.140. The van der Waals surface area contributed by atoms with Crippen LogP contribution >= 0.6 is 11.6 Å². The molecule has 4 nitrogen and oxygen atoms in total. The van der Waals surface area contributed by atoms with E-state index in [9.17, 15) is 0 Å². The largest absolute Gasteiger partial charge is 0.455 e. The third-order valence-corrected chi connectivity index (χ3v) is 7.40. The quantitative estimate of drug-likeness (QED) is 0.224. The molecule has 0 N–H and O–H groups in total. The predicted molar refractivity (Wildman–Crippen MR) is 155 cm³/mol. The summed E-state index contributed by atoms with van der Waals surface area (Å²) in [7, 11) is 0. The Kier molecular flexibility index (Phi) is 4.54. The molecule has 0 saturated heterocycles. The molecule has 0 aliphatic carbocycles. The minimum Gasteiger partial charge on any atom is -0.455 e. The van der Waals surface area contributed by atoms with Crippen molar-refractivity contribution in [2.24, 2.45) is 0 Å². The molecule has 2 aromatic heterocycles. The second-order valence-electron chi connectivity index (χ2n) is 9.39. The van der Waals surface area contributed by atoms with Crippen LogP contribution in [-0.2, 0) is 0 Å². The second-order valence-corrected chi connectivity index (χ2v) is 9.73. The molecule has 0 aliphatic heterocycles. The molecule has 0 atom stereocenters. The Morgan fingerprint density at radius 2 is 1.16 bits per heavy atom. The zero-order valence-corrected chi connectivity index (χ0v) is 20.8. The first kappa shape index (κ1) is 21.3. The van der Waals surface area contributed by atoms with Crippen molar-refractivity contribution in [1.82, 2.24) is 15.0 Å². The van der Waals surface area contributed by atoms with Crippen LogP contribution in [-0.4, -0.2) is 15.0 Å². The third-order valence-electron chi connectivity index (χ3n) is 7.23. The summed E-state index contributed by atoms with van der Waals surface area (Å²) in [5.74, 6) is 1.00. The van der Waals surface area contributed by atoms with Gasteiger partial charge in [-0.05, 0) is 62.5 Å². The maximum absolute atomic E-state index is 6.49. The standard InChI is InChI=1S/C33H18ClN3O/c34-33-36-31(21-11-6-10-20(18-21)19-8-2-1-3-9-19)35-32(37-33)26-17-16-25-23-13-5-4-12-22(23)24-14-7-15-27-28(24)29(25)30(26)38-27/h1-18H. The number of hydrogen-bond donors (Lipinski definition) is 0. The summed E-state index contributed by atoms with van der Waals surface area (Å²) in [5.41, 5.74) is 5.46. The van der Waals surface area contributed by atoms with Gasteiger partial charge in [-0.15, -0.1) is 0 Å². The van der Waals surface area contributed by atoms with Gasteiger partial charge < -0.3 is 4.42 Å². The van der Waals surface area contributed by atoms with Gasteiger partial charge in [0.2, 0.25) is 5.28 Å². The van der Waals surface area contributed by atoms with Crippen molar-refractivity contribution in [3.63, 3.8) is 0 Å². The highest BCUT2D eigenvalue weighted by molar-refractivity contribution is 6.34. The van der Waals surface area contributed by atoms with Crippen LogP contribution in [0.4, 0.5) is 0 Å². The molecular formula is C33H18ClN3O. The monoisotopic (exact) mass is 507 g/mol. The fraction of sp³-hybridized carbons (Fsp3) is 0. The van der Waals surface area contributed by atoms with Gasteiger partial charge in [-0.3, -0.25) is 0 Å². The molecule has 0 radical (unpaired) electrons. The summed E-state index contributed by atoms with van der Waals surface area (Å²) in [6, 6.07) is 37.2. The lowest BCUT2D eigenvalue weighted by Gasteiger charge is -2.10. The molecule has 0 aliphatic rings. The van der Waals surface area contributed by atoms with Crippen molar-refractivity contribution in [1.29, 1.82) is 0 Å². The van der Waals surface area contributed by atoms with E-state index in [2.05, 4.69) is 70.6 Å². The maximum Gasteiger partial charge on any atom is 0.226 e. The highest BCUT2D eigenvalue weighted by Gasteiger charge is 2.21. The van der Waals surface area contributed by atoms with Gasteiger partial charge in [-0.1, -0.05) is 91.0 Å². The van der Waals surface area contributed by atoms with Crippen molar-refractivity contribution < 1.29 is 4.42 Å². The van der Waals surface area contributed by atoms with E-state index in [4.69, 9.17) is 21.0 Å². The zero-order valence-electron chi connectivity index (χ0n) is 20.0. The molecule has 8 aromatic rings. The van der Waals surface area contributed by atoms with Gasteiger partial charge in [0, 0.05) is 16.3 Å². The van der Waals surface area contributed by atoms with Crippen molar-refractivity contribution in [2.45, 2.75) is 0 Å². The summed E-state index contributed by atoms with van der Waals surface area (Å²) in [4.78, 5) is 13.9. The van der Waals surface area contributed by atoms with E-state index in [1.54, 1.807) is 0 Å². The molecular weight excluding hydrogens is 490 g/mol. The summed E-state index contributed by atoms with van der Waals surface area (Å²) < 4.78 is 6.49. The molecule has 0 bridgehead atoms. The highest BCUT2D eigenvalue weighted by atomic mass is 35.5. The van der Waals surface area contributed by atoms with Gasteiger partial charge in [0.15, 0.2) is 11.6 Å². The van der Waals surface area contributed by atoms with E-state index in [-0.39, 0.29) is 5.28 Å². The molecule has 0 saturated carbocycles. The van der Waals surface area contributed by atoms with Crippen LogP contribution in [0.5, 0.6) is 0 Å². The summed E-state index contributed by atoms with van der Waals surface area (Å²) in [6.07, 6.45) is 0. The number of benzene rings is 6. The first-order chi connectivity index (χ1) is 18.7. The van der Waals surface area contributed by atoms with Crippen LogP contribution in [0.3, 0.4) is 0 Å². The molecule has 5 heteroatoms. The number of rotatable bonds is 3. The van der Waals surface area contributed by atoms with Crippen molar-refractivity contribution in [3.05, 3.63) is 114 Å². The van der Waals surface area contributed by atoms with Crippen LogP contribution in [0.2, 0.25) is 5.28 Å². The zero-order chi connectivity index (χ0) is 25.2. The molecule has 2 heterocycles. The minimum absolute atomic E-state index is 0.140. The van der Waals surface area contributed by atoms with Crippen molar-refractivity contribution >= 4 is 55.1 Å². The maximum atomic E-state index is 6.49. The predicted octanol–water partition coefficient (Wildman–Crippen LogP) is 9.17. The SMILES string of the molecule is Clc1nc(-c2cccc(-c3ccccc3)c2)nc(-c2ccc3c4ccccc4c4cccc5oc2c3c54)n1. The lowest BCUT2D eigenvalue weighted by Crippen LogP contribution is -1.98. The second kappa shape index (κ2) is 8.10. The van der Waals surface area contributed by atoms with Crippen LogP contribution in [0.15, 0.2) is 114 Å². The molecule has 6 aromatic carbocycles. The Labute approximate surface area is 222 Å². The average Bonchev–Trinajstić information content (AvgIpc) is 3.37. The van der Waals surface area contributed by atoms with E-state index >= 15 is 0 Å². The highest BCUT2D eigenvalue weighted by Crippen LogP contribution is 2.45. The van der Waals surface area contributed by atoms with Crippen LogP contribution in [0.25, 0.3) is 77.4 Å². The lowest BCUT2D eigenvalue weighted by molar-refractivity contribution is 0.670. The van der Waals surface area contributed by atoms with E-state index in [1.165, 1.54) is 16.2 Å². The first-order valence-corrected chi connectivity index (χ1v) is 12.8. The van der Waals surface area contributed by atoms with E-state index in [0.717, 1.165) is 49.6 Å². The van der Waals surface area contributed by atoms with Gasteiger partial charge in [0.1, 0.15) is 11.2 Å². The Balaban J connectivity index is 1.36. The topological polar surface area (TPSA) is 51.8 Å². The Hall–Kier alpha value is -4.80. The van der Waals surface area contributed by atoms with Crippen LogP contribution < -0.4 is 0 Å². The number of aromatic nitrogens is 3. The van der Waals surface area contributed by atoms with E-state index < -0.39 is 0 Å². The van der Waals surface area contributed by atoms with Gasteiger partial charge in [0.25, 0.3) is 0 Å². The van der Waals surface area contributed by atoms with Crippen molar-refractivity contribution in [3.8, 4) is 33.9 Å². The van der Waals surface area contributed by atoms with Gasteiger partial charge >= 0.3 is 0 Å². The summed E-state index contributed by atoms with van der Waals surface area (Å²) in [6.45, 7) is 0. The smallest absolute Gasteiger partial charge is 0.226 e. The normalized spacial score (nSPS) is 11.8. The molecule has 0 unspecified atom stereocenters. The van der Waals surface area contributed by atoms with E-state index in [1.807, 2.05) is 48.5 Å². The molecule has 0 fully saturated rings. The average molecular weight is 508 g/mol. The number of halogens is 1. The molecule has 178 valence electrons. The molecule has 0 spiro atoms. The number of furan rings is 1. The van der Waals surface area contributed by atoms with Crippen LogP contribution in [0.1, 0.15) is 0 Å². The number of nitrogens with zero attached hydrogens (tertiary/aromatic N) is 3. The van der Waals surface area contributed by atoms with Crippen molar-refractivity contribution in [2.75, 3.05) is 0 Å². The number of fused-ring (bicyclic) bond motifs is 3. The fourth-order valence-corrected chi connectivity index (χ4v) is 5.73. The van der Waals surface area contributed by atoms with E-state index in [0.29, 0.717) is 11.6 Å². The summed E-state index contributed by atoms with van der Waals surface area (Å²) in [5, 5.41) is 7.07. The molecule has 8 rings (SSSR count).